The monoisotopic (exact) mass is 765 g/mol. The second-order valence-electron chi connectivity index (χ2n) is 14.7. The molecule has 0 N–H and O–H groups in total. The molecule has 0 aliphatic carbocycles. The average Bonchev–Trinajstić information content (AvgIpc) is 3.26. The van der Waals surface area contributed by atoms with Gasteiger partial charge in [-0.2, -0.15) is 10.2 Å². The summed E-state index contributed by atoms with van der Waals surface area (Å²) in [4.78, 5) is 2.32. The van der Waals surface area contributed by atoms with Crippen LogP contribution in [-0.4, -0.2) is 20.4 Å². The van der Waals surface area contributed by atoms with Crippen molar-refractivity contribution in [1.82, 2.24) is 0 Å². The zero-order chi connectivity index (χ0) is 39.7. The average molecular weight is 766 g/mol. The minimum absolute atomic E-state index is 0.119. The molecule has 0 spiro atoms. The zero-order valence-corrected chi connectivity index (χ0v) is 33.3. The van der Waals surface area contributed by atoms with Gasteiger partial charge in [0.25, 0.3) is 0 Å². The summed E-state index contributed by atoms with van der Waals surface area (Å²) in [5, 5.41) is 31.8. The summed E-state index contributed by atoms with van der Waals surface area (Å²) in [6.07, 6.45) is 7.00. The fourth-order valence-electron chi connectivity index (χ4n) is 7.33. The lowest BCUT2D eigenvalue weighted by Crippen LogP contribution is -2.24. The fraction of sp³-hybridized carbons (Fsp3) is 0.224. The Kier molecular flexibility index (Phi) is 11.9. The van der Waals surface area contributed by atoms with Crippen LogP contribution in [0.1, 0.15) is 49.3 Å². The molecule has 0 atom stereocenters. The van der Waals surface area contributed by atoms with Crippen LogP contribution in [-0.2, 0) is 12.8 Å². The minimum atomic E-state index is 0.119. The molecule has 0 saturated heterocycles. The number of unbranched alkanes of at least 4 members (excludes halogenated alkanes) is 2. The molecule has 8 rings (SSSR count). The topological polar surface area (TPSA) is 95.9 Å². The summed E-state index contributed by atoms with van der Waals surface area (Å²) in [6, 6.07) is 44.1. The van der Waals surface area contributed by atoms with Crippen LogP contribution in [0.4, 0.5) is 39.8 Å². The van der Waals surface area contributed by atoms with E-state index >= 15 is 0 Å². The number of hydrogen-bond donors (Lipinski definition) is 0. The molecule has 58 heavy (non-hydrogen) atoms. The molecule has 1 aliphatic rings. The first-order chi connectivity index (χ1) is 28.5. The van der Waals surface area contributed by atoms with Crippen molar-refractivity contribution in [2.45, 2.75) is 52.4 Å². The Hall–Kier alpha value is -6.74. The lowest BCUT2D eigenvalue weighted by Gasteiger charge is -2.28. The Labute approximate surface area is 339 Å². The molecule has 7 aromatic carbocycles. The van der Waals surface area contributed by atoms with Crippen molar-refractivity contribution in [2.75, 3.05) is 25.3 Å². The summed E-state index contributed by atoms with van der Waals surface area (Å²) in [7, 11) is 2.15. The third-order valence-electron chi connectivity index (χ3n) is 10.6. The van der Waals surface area contributed by atoms with Crippen molar-refractivity contribution in [3.8, 4) is 11.5 Å². The molecule has 0 aromatic heterocycles. The second kappa shape index (κ2) is 18.0. The highest BCUT2D eigenvalue weighted by molar-refractivity contribution is 6.01. The molecular weight excluding hydrogens is 719 g/mol. The van der Waals surface area contributed by atoms with Crippen LogP contribution >= 0.6 is 0 Å². The van der Waals surface area contributed by atoms with Crippen molar-refractivity contribution in [3.63, 3.8) is 0 Å². The van der Waals surface area contributed by atoms with E-state index in [1.54, 1.807) is 0 Å². The van der Waals surface area contributed by atoms with E-state index in [0.717, 1.165) is 87.1 Å². The third-order valence-corrected chi connectivity index (χ3v) is 10.6. The van der Waals surface area contributed by atoms with Crippen molar-refractivity contribution in [2.24, 2.45) is 30.7 Å². The highest BCUT2D eigenvalue weighted by atomic mass is 16.7. The summed E-state index contributed by atoms with van der Waals surface area (Å²) in [6.45, 7) is 5.52. The fourth-order valence-corrected chi connectivity index (χ4v) is 7.33. The molecule has 290 valence electrons. The van der Waals surface area contributed by atoms with E-state index in [9.17, 15) is 0 Å². The largest absolute Gasteiger partial charge is 0.458 e. The number of aryl methyl sites for hydroxylation is 3. The van der Waals surface area contributed by atoms with Crippen LogP contribution < -0.4 is 14.4 Å². The van der Waals surface area contributed by atoms with Gasteiger partial charge in [-0.1, -0.05) is 80.4 Å². The second-order valence-corrected chi connectivity index (χ2v) is 14.7. The first-order valence-electron chi connectivity index (χ1n) is 20.1. The molecule has 9 nitrogen and oxygen atoms in total. The van der Waals surface area contributed by atoms with Gasteiger partial charge in [-0.3, -0.25) is 0 Å². The van der Waals surface area contributed by atoms with Gasteiger partial charge in [0.1, 0.15) is 11.5 Å². The SMILES string of the molecule is CCCCCc1ccc(OCOc2ccc(N=Nc3ccc(N=Nc4ccc(N=Nc5cc6c(cc5C)N(C)CCC6)c5ccccc45)c4ccccc34)cc2)cc1. The number of anilines is 1. The van der Waals surface area contributed by atoms with Crippen LogP contribution in [0.2, 0.25) is 0 Å². The van der Waals surface area contributed by atoms with Gasteiger partial charge in [0.05, 0.1) is 34.1 Å². The van der Waals surface area contributed by atoms with Crippen molar-refractivity contribution >= 4 is 61.4 Å². The highest BCUT2D eigenvalue weighted by Gasteiger charge is 2.16. The Morgan fingerprint density at radius 1 is 0.552 bits per heavy atom. The van der Waals surface area contributed by atoms with Crippen LogP contribution in [0.25, 0.3) is 21.5 Å². The van der Waals surface area contributed by atoms with Gasteiger partial charge in [-0.05, 0) is 122 Å². The van der Waals surface area contributed by atoms with Gasteiger partial charge in [0.15, 0.2) is 0 Å². The van der Waals surface area contributed by atoms with Crippen molar-refractivity contribution in [1.29, 1.82) is 0 Å². The van der Waals surface area contributed by atoms with E-state index in [0.29, 0.717) is 11.4 Å². The molecular formula is C49H47N7O2. The maximum absolute atomic E-state index is 5.82. The normalized spacial score (nSPS) is 13.0. The molecule has 0 fully saturated rings. The molecule has 1 aliphatic heterocycles. The van der Waals surface area contributed by atoms with Crippen LogP contribution in [0.3, 0.4) is 0 Å². The highest BCUT2D eigenvalue weighted by Crippen LogP contribution is 2.39. The third kappa shape index (κ3) is 8.94. The smallest absolute Gasteiger partial charge is 0.230 e. The van der Waals surface area contributed by atoms with E-state index in [1.165, 1.54) is 36.1 Å². The molecule has 0 saturated carbocycles. The summed E-state index contributed by atoms with van der Waals surface area (Å²) < 4.78 is 11.6. The number of azo groups is 3. The van der Waals surface area contributed by atoms with Gasteiger partial charge >= 0.3 is 0 Å². The van der Waals surface area contributed by atoms with Crippen LogP contribution in [0.15, 0.2) is 164 Å². The summed E-state index contributed by atoms with van der Waals surface area (Å²) in [5.74, 6) is 1.48. The Bertz CT molecular complexity index is 2620. The number of rotatable bonds is 14. The molecule has 7 aromatic rings. The van der Waals surface area contributed by atoms with Gasteiger partial charge in [0, 0.05) is 40.8 Å². The lowest BCUT2D eigenvalue weighted by molar-refractivity contribution is 0.120. The Morgan fingerprint density at radius 2 is 1.05 bits per heavy atom. The van der Waals surface area contributed by atoms with Crippen molar-refractivity contribution < 1.29 is 9.47 Å². The number of hydrogen-bond acceptors (Lipinski definition) is 9. The molecule has 0 radical (unpaired) electrons. The minimum Gasteiger partial charge on any atom is -0.458 e. The predicted molar refractivity (Wildman–Crippen MR) is 235 cm³/mol. The number of ether oxygens (including phenoxy) is 2. The Morgan fingerprint density at radius 3 is 1.59 bits per heavy atom. The van der Waals surface area contributed by atoms with E-state index < -0.39 is 0 Å². The molecule has 1 heterocycles. The number of nitrogens with zero attached hydrogens (tertiary/aromatic N) is 7. The molecule has 0 unspecified atom stereocenters. The molecule has 9 heteroatoms. The van der Waals surface area contributed by atoms with Gasteiger partial charge in [-0.15, -0.1) is 20.5 Å². The van der Waals surface area contributed by atoms with Gasteiger partial charge in [-0.25, -0.2) is 0 Å². The standard InChI is InChI=1S/C49H47N7O2/c1-4-5-6-12-35-18-22-38(23-19-35)57-33-58-39-24-20-37(21-25-39)50-51-44-26-27-45(41-15-8-7-14-40(41)44)52-53-46-28-29-47(43-17-10-9-16-42(43)46)54-55-48-32-36-13-11-30-56(3)49(36)31-34(48)2/h7-10,14-29,31-32H,4-6,11-13,30,33H2,1-3H3. The van der Waals surface area contributed by atoms with Crippen LogP contribution in [0, 0.1) is 6.92 Å². The zero-order valence-electron chi connectivity index (χ0n) is 33.3. The van der Waals surface area contributed by atoms with Crippen molar-refractivity contribution in [3.05, 3.63) is 150 Å². The summed E-state index contributed by atoms with van der Waals surface area (Å²) in [5.41, 5.74) is 9.68. The lowest BCUT2D eigenvalue weighted by atomic mass is 9.99. The van der Waals surface area contributed by atoms with E-state index in [1.807, 2.05) is 103 Å². The number of fused-ring (bicyclic) bond motifs is 3. The quantitative estimate of drug-likeness (QED) is 0.0626. The van der Waals surface area contributed by atoms with Crippen LogP contribution in [0.5, 0.6) is 11.5 Å². The van der Waals surface area contributed by atoms with Gasteiger partial charge < -0.3 is 14.4 Å². The predicted octanol–water partition coefficient (Wildman–Crippen LogP) is 15.1. The maximum atomic E-state index is 5.82. The van der Waals surface area contributed by atoms with Gasteiger partial charge in [0.2, 0.25) is 6.79 Å². The van der Waals surface area contributed by atoms with E-state index in [2.05, 4.69) is 66.4 Å². The molecule has 0 amide bonds. The number of benzene rings is 7. The summed E-state index contributed by atoms with van der Waals surface area (Å²) >= 11 is 0. The van der Waals surface area contributed by atoms with E-state index in [4.69, 9.17) is 29.9 Å². The maximum Gasteiger partial charge on any atom is 0.230 e. The first-order valence-corrected chi connectivity index (χ1v) is 20.1. The first kappa shape index (κ1) is 38.1. The Balaban J connectivity index is 0.938. The molecule has 0 bridgehead atoms. The van der Waals surface area contributed by atoms with E-state index in [-0.39, 0.29) is 6.79 Å².